The molecule has 0 bridgehead atoms. The second-order valence-corrected chi connectivity index (χ2v) is 9.76. The van der Waals surface area contributed by atoms with Crippen LogP contribution >= 0.6 is 0 Å². The standard InChI is InChI=1S/C30H31F2N3O3/c1-19(33)29(37)35(27(36)17-20-15-23(31)18-24(32)16-20)28-25(21-9-5-3-6-10-21)13-14-26(34(2)30(28)38)22-11-7-4-8-12-22/h3-12,15-16,18-19,25-26,28H,13-14,17,33H2,1-2H3/t19-,25-,26-,28-/m0/s1. The largest absolute Gasteiger partial charge is 0.337 e. The summed E-state index contributed by atoms with van der Waals surface area (Å²) in [6.07, 6.45) is 0.644. The fourth-order valence-electron chi connectivity index (χ4n) is 5.24. The number of imide groups is 1. The molecule has 1 heterocycles. The highest BCUT2D eigenvalue weighted by Gasteiger charge is 2.46. The van der Waals surface area contributed by atoms with Crippen molar-refractivity contribution in [1.29, 1.82) is 0 Å². The smallest absolute Gasteiger partial charge is 0.246 e. The molecule has 0 spiro atoms. The summed E-state index contributed by atoms with van der Waals surface area (Å²) < 4.78 is 27.7. The topological polar surface area (TPSA) is 83.7 Å². The first-order valence-corrected chi connectivity index (χ1v) is 12.6. The number of benzene rings is 3. The normalized spacial score (nSPS) is 20.5. The summed E-state index contributed by atoms with van der Waals surface area (Å²) in [5.74, 6) is -4.05. The van der Waals surface area contributed by atoms with Crippen molar-refractivity contribution in [3.05, 3.63) is 107 Å². The first-order valence-electron chi connectivity index (χ1n) is 12.6. The maximum Gasteiger partial charge on any atom is 0.246 e. The number of amides is 3. The van der Waals surface area contributed by atoms with Crippen molar-refractivity contribution in [3.8, 4) is 0 Å². The number of likely N-dealkylation sites (tertiary alicyclic amines) is 1. The van der Waals surface area contributed by atoms with E-state index in [1.807, 2.05) is 60.7 Å². The van der Waals surface area contributed by atoms with Gasteiger partial charge in [0.2, 0.25) is 17.7 Å². The molecular weight excluding hydrogens is 488 g/mol. The molecule has 0 saturated carbocycles. The van der Waals surface area contributed by atoms with E-state index in [-0.39, 0.29) is 11.6 Å². The Hall–Kier alpha value is -3.91. The number of carbonyl (C=O) groups is 3. The minimum Gasteiger partial charge on any atom is -0.337 e. The van der Waals surface area contributed by atoms with Crippen LogP contribution < -0.4 is 5.73 Å². The molecule has 1 aliphatic heterocycles. The molecule has 3 aromatic carbocycles. The average molecular weight is 520 g/mol. The van der Waals surface area contributed by atoms with E-state index < -0.39 is 53.8 Å². The van der Waals surface area contributed by atoms with Gasteiger partial charge in [-0.2, -0.15) is 0 Å². The molecule has 4 rings (SSSR count). The van der Waals surface area contributed by atoms with E-state index in [4.69, 9.17) is 5.73 Å². The van der Waals surface area contributed by atoms with Crippen LogP contribution in [-0.2, 0) is 20.8 Å². The van der Waals surface area contributed by atoms with Crippen LogP contribution in [0.5, 0.6) is 0 Å². The Morgan fingerprint density at radius 3 is 2.05 bits per heavy atom. The van der Waals surface area contributed by atoms with Crippen LogP contribution in [0, 0.1) is 11.6 Å². The summed E-state index contributed by atoms with van der Waals surface area (Å²) in [5.41, 5.74) is 7.77. The summed E-state index contributed by atoms with van der Waals surface area (Å²) >= 11 is 0. The van der Waals surface area contributed by atoms with Crippen molar-refractivity contribution in [2.45, 2.75) is 50.2 Å². The Labute approximate surface area is 221 Å². The molecule has 198 valence electrons. The SMILES string of the molecule is C[C@H](N)C(=O)N(C(=O)Cc1cc(F)cc(F)c1)[C@@H]1C(=O)N(C)[C@H](c2ccccc2)CC[C@H]1c1ccccc1. The van der Waals surface area contributed by atoms with Gasteiger partial charge in [0.15, 0.2) is 0 Å². The van der Waals surface area contributed by atoms with Gasteiger partial charge in [-0.3, -0.25) is 19.3 Å². The van der Waals surface area contributed by atoms with E-state index in [9.17, 15) is 23.2 Å². The molecule has 1 fully saturated rings. The first-order chi connectivity index (χ1) is 18.2. The molecule has 6 nitrogen and oxygen atoms in total. The zero-order valence-electron chi connectivity index (χ0n) is 21.4. The number of nitrogens with two attached hydrogens (primary N) is 1. The van der Waals surface area contributed by atoms with Gasteiger partial charge >= 0.3 is 0 Å². The number of hydrogen-bond donors (Lipinski definition) is 1. The Bertz CT molecular complexity index is 1280. The fraction of sp³-hybridized carbons (Fsp3) is 0.300. The quantitative estimate of drug-likeness (QED) is 0.525. The molecule has 0 radical (unpaired) electrons. The summed E-state index contributed by atoms with van der Waals surface area (Å²) in [5, 5.41) is 0. The average Bonchev–Trinajstić information content (AvgIpc) is 3.01. The predicted octanol–water partition coefficient (Wildman–Crippen LogP) is 4.36. The summed E-state index contributed by atoms with van der Waals surface area (Å²) in [6, 6.07) is 19.1. The van der Waals surface area contributed by atoms with Crippen molar-refractivity contribution in [2.24, 2.45) is 5.73 Å². The Morgan fingerprint density at radius 1 is 0.947 bits per heavy atom. The van der Waals surface area contributed by atoms with Gasteiger partial charge in [-0.05, 0) is 48.6 Å². The number of rotatable bonds is 6. The number of likely N-dealkylation sites (N-methyl/N-ethyl adjacent to an activating group) is 1. The van der Waals surface area contributed by atoms with Crippen LogP contribution in [0.2, 0.25) is 0 Å². The minimum absolute atomic E-state index is 0.0582. The molecule has 8 heteroatoms. The molecule has 3 amide bonds. The highest BCUT2D eigenvalue weighted by atomic mass is 19.1. The van der Waals surface area contributed by atoms with Gasteiger partial charge in [0.1, 0.15) is 17.7 Å². The van der Waals surface area contributed by atoms with Gasteiger partial charge in [-0.25, -0.2) is 8.78 Å². The van der Waals surface area contributed by atoms with Crippen LogP contribution in [0.15, 0.2) is 78.9 Å². The van der Waals surface area contributed by atoms with Crippen LogP contribution in [0.25, 0.3) is 0 Å². The molecule has 1 saturated heterocycles. The van der Waals surface area contributed by atoms with E-state index in [0.29, 0.717) is 18.9 Å². The number of halogens is 2. The summed E-state index contributed by atoms with van der Waals surface area (Å²) in [6.45, 7) is 1.44. The molecule has 38 heavy (non-hydrogen) atoms. The molecule has 3 aromatic rings. The molecule has 0 aromatic heterocycles. The van der Waals surface area contributed by atoms with E-state index in [1.54, 1.807) is 11.9 Å². The second-order valence-electron chi connectivity index (χ2n) is 9.76. The van der Waals surface area contributed by atoms with Gasteiger partial charge in [0.05, 0.1) is 18.5 Å². The fourth-order valence-corrected chi connectivity index (χ4v) is 5.24. The van der Waals surface area contributed by atoms with E-state index >= 15 is 0 Å². The minimum atomic E-state index is -1.18. The highest BCUT2D eigenvalue weighted by molar-refractivity contribution is 6.03. The van der Waals surface area contributed by atoms with Gasteiger partial charge in [-0.1, -0.05) is 60.7 Å². The highest BCUT2D eigenvalue weighted by Crippen LogP contribution is 2.39. The summed E-state index contributed by atoms with van der Waals surface area (Å²) in [4.78, 5) is 43.8. The predicted molar refractivity (Wildman–Crippen MR) is 140 cm³/mol. The van der Waals surface area contributed by atoms with E-state index in [1.165, 1.54) is 6.92 Å². The molecule has 0 aliphatic carbocycles. The molecule has 0 unspecified atom stereocenters. The van der Waals surface area contributed by atoms with Gasteiger partial charge in [0.25, 0.3) is 0 Å². The number of nitrogens with zero attached hydrogens (tertiary/aromatic N) is 2. The van der Waals surface area contributed by atoms with E-state index in [0.717, 1.165) is 28.2 Å². The van der Waals surface area contributed by atoms with Crippen molar-refractivity contribution in [2.75, 3.05) is 7.05 Å². The summed E-state index contributed by atoms with van der Waals surface area (Å²) in [7, 11) is 1.67. The van der Waals surface area contributed by atoms with Crippen LogP contribution in [-0.4, -0.2) is 46.7 Å². The molecule has 1 aliphatic rings. The monoisotopic (exact) mass is 519 g/mol. The lowest BCUT2D eigenvalue weighted by atomic mass is 9.85. The lowest BCUT2D eigenvalue weighted by Crippen LogP contribution is -2.58. The zero-order chi connectivity index (χ0) is 27.4. The Morgan fingerprint density at radius 2 is 1.50 bits per heavy atom. The van der Waals surface area contributed by atoms with Gasteiger partial charge < -0.3 is 10.6 Å². The van der Waals surface area contributed by atoms with Crippen molar-refractivity contribution in [3.63, 3.8) is 0 Å². The third-order valence-electron chi connectivity index (χ3n) is 7.06. The van der Waals surface area contributed by atoms with Crippen LogP contribution in [0.1, 0.15) is 48.4 Å². The zero-order valence-corrected chi connectivity index (χ0v) is 21.4. The lowest BCUT2D eigenvalue weighted by Gasteiger charge is -2.36. The second kappa shape index (κ2) is 11.6. The van der Waals surface area contributed by atoms with Crippen molar-refractivity contribution >= 4 is 17.7 Å². The molecule has 4 atom stereocenters. The van der Waals surface area contributed by atoms with Crippen LogP contribution in [0.3, 0.4) is 0 Å². The van der Waals surface area contributed by atoms with Gasteiger partial charge in [0, 0.05) is 19.0 Å². The van der Waals surface area contributed by atoms with E-state index in [2.05, 4.69) is 0 Å². The van der Waals surface area contributed by atoms with Crippen molar-refractivity contribution in [1.82, 2.24) is 9.80 Å². The molecule has 2 N–H and O–H groups in total. The number of carbonyl (C=O) groups excluding carboxylic acids is 3. The maximum atomic E-state index is 14.2. The third-order valence-corrected chi connectivity index (χ3v) is 7.06. The van der Waals surface area contributed by atoms with Gasteiger partial charge in [-0.15, -0.1) is 0 Å². The third kappa shape index (κ3) is 5.81. The number of hydrogen-bond acceptors (Lipinski definition) is 4. The Balaban J connectivity index is 1.80. The Kier molecular flexibility index (Phi) is 8.32. The lowest BCUT2D eigenvalue weighted by molar-refractivity contribution is -0.156. The maximum absolute atomic E-state index is 14.2. The van der Waals surface area contributed by atoms with Crippen molar-refractivity contribution < 1.29 is 23.2 Å². The first kappa shape index (κ1) is 27.1. The van der Waals surface area contributed by atoms with Crippen LogP contribution in [0.4, 0.5) is 8.78 Å². The molecular formula is C30H31F2N3O3.